The van der Waals surface area contributed by atoms with E-state index in [-0.39, 0.29) is 0 Å². The molecule has 0 aromatic carbocycles. The molecule has 96 valence electrons. The number of unbranched alkanes of at least 4 members (excludes halogenated alkanes) is 1. The highest BCUT2D eigenvalue weighted by Gasteiger charge is 2.31. The van der Waals surface area contributed by atoms with E-state index in [2.05, 4.69) is 16.8 Å². The average Bonchev–Trinajstić information content (AvgIpc) is 3.14. The molecule has 0 aromatic heterocycles. The highest BCUT2D eigenvalue weighted by atomic mass is 16.2. The lowest BCUT2D eigenvalue weighted by atomic mass is 10.0. The zero-order chi connectivity index (χ0) is 12.1. The number of hydrogen-bond acceptors (Lipinski definition) is 2. The van der Waals surface area contributed by atoms with Crippen LogP contribution in [0, 0.1) is 5.92 Å². The van der Waals surface area contributed by atoms with E-state index in [1.54, 1.807) is 0 Å². The monoisotopic (exact) mass is 236 g/mol. The van der Waals surface area contributed by atoms with Crippen molar-refractivity contribution in [2.45, 2.75) is 44.6 Å². The number of rotatable bonds is 6. The molecule has 1 saturated carbocycles. The predicted octanol–water partition coefficient (Wildman–Crippen LogP) is 1.94. The molecule has 0 bridgehead atoms. The summed E-state index contributed by atoms with van der Waals surface area (Å²) in [6.45, 7) is 7.11. The molecule has 17 heavy (non-hydrogen) atoms. The van der Waals surface area contributed by atoms with Crippen LogP contribution in [0.15, 0.2) is 12.7 Å². The molecule has 1 atom stereocenters. The normalized spacial score (nSPS) is 25.5. The Kier molecular flexibility index (Phi) is 4.60. The zero-order valence-corrected chi connectivity index (χ0v) is 10.7. The highest BCUT2D eigenvalue weighted by Crippen LogP contribution is 2.29. The smallest absolute Gasteiger partial charge is 0.223 e. The van der Waals surface area contributed by atoms with Crippen molar-refractivity contribution in [2.24, 2.45) is 5.92 Å². The molecule has 1 aliphatic heterocycles. The van der Waals surface area contributed by atoms with Gasteiger partial charge in [-0.2, -0.15) is 0 Å². The molecule has 2 aliphatic rings. The summed E-state index contributed by atoms with van der Waals surface area (Å²) in [5.41, 5.74) is 0. The van der Waals surface area contributed by atoms with Crippen molar-refractivity contribution >= 4 is 5.91 Å². The van der Waals surface area contributed by atoms with Crippen LogP contribution in [0.5, 0.6) is 0 Å². The van der Waals surface area contributed by atoms with Crippen molar-refractivity contribution in [1.29, 1.82) is 0 Å². The van der Waals surface area contributed by atoms with E-state index in [0.29, 0.717) is 17.9 Å². The molecule has 1 aliphatic carbocycles. The van der Waals surface area contributed by atoms with Gasteiger partial charge in [0.1, 0.15) is 0 Å². The quantitative estimate of drug-likeness (QED) is 0.564. The minimum Gasteiger partial charge on any atom is -0.352 e. The van der Waals surface area contributed by atoms with Gasteiger partial charge in [-0.25, -0.2) is 0 Å². The van der Waals surface area contributed by atoms with E-state index in [9.17, 15) is 4.79 Å². The first kappa shape index (κ1) is 12.6. The molecule has 3 nitrogen and oxygen atoms in total. The summed E-state index contributed by atoms with van der Waals surface area (Å²) in [6, 6.07) is 0.389. The Morgan fingerprint density at radius 3 is 2.94 bits per heavy atom. The standard InChI is InChI=1S/C14H24N2O/c1-2-3-4-9-16-10-5-6-13(11-16)15-14(17)12-7-8-12/h2,12-13H,1,3-11H2,(H,15,17). The maximum atomic E-state index is 11.7. The van der Waals surface area contributed by atoms with Gasteiger partial charge in [0.2, 0.25) is 5.91 Å². The average molecular weight is 236 g/mol. The SMILES string of the molecule is C=CCCCN1CCCC(NC(=O)C2CC2)C1. The Morgan fingerprint density at radius 2 is 2.24 bits per heavy atom. The third-order valence-corrected chi connectivity index (χ3v) is 3.68. The molecule has 3 heteroatoms. The van der Waals surface area contributed by atoms with Crippen LogP contribution in [0.25, 0.3) is 0 Å². The van der Waals surface area contributed by atoms with Crippen LogP contribution in [0.1, 0.15) is 38.5 Å². The van der Waals surface area contributed by atoms with Crippen LogP contribution < -0.4 is 5.32 Å². The summed E-state index contributed by atoms with van der Waals surface area (Å²) >= 11 is 0. The Bertz CT molecular complexity index is 273. The summed E-state index contributed by atoms with van der Waals surface area (Å²) in [7, 11) is 0. The van der Waals surface area contributed by atoms with Crippen molar-refractivity contribution in [1.82, 2.24) is 10.2 Å². The number of nitrogens with zero attached hydrogens (tertiary/aromatic N) is 1. The topological polar surface area (TPSA) is 32.3 Å². The Hall–Kier alpha value is -0.830. The maximum Gasteiger partial charge on any atom is 0.223 e. The molecule has 1 saturated heterocycles. The van der Waals surface area contributed by atoms with Crippen molar-refractivity contribution in [2.75, 3.05) is 19.6 Å². The molecule has 0 spiro atoms. The lowest BCUT2D eigenvalue weighted by Crippen LogP contribution is -2.48. The molecule has 1 amide bonds. The van der Waals surface area contributed by atoms with Gasteiger partial charge in [0.05, 0.1) is 0 Å². The van der Waals surface area contributed by atoms with Crippen LogP contribution >= 0.6 is 0 Å². The number of amides is 1. The van der Waals surface area contributed by atoms with E-state index in [1.165, 1.54) is 19.4 Å². The molecule has 0 radical (unpaired) electrons. The fraction of sp³-hybridized carbons (Fsp3) is 0.786. The Morgan fingerprint density at radius 1 is 1.41 bits per heavy atom. The number of allylic oxidation sites excluding steroid dienone is 1. The second kappa shape index (κ2) is 6.20. The number of piperidine rings is 1. The van der Waals surface area contributed by atoms with Gasteiger partial charge in [-0.3, -0.25) is 4.79 Å². The summed E-state index contributed by atoms with van der Waals surface area (Å²) < 4.78 is 0. The third kappa shape index (κ3) is 4.15. The van der Waals surface area contributed by atoms with Crippen molar-refractivity contribution < 1.29 is 4.79 Å². The summed E-state index contributed by atoms with van der Waals surface area (Å²) in [5, 5.41) is 3.20. The molecule has 0 aromatic rings. The number of nitrogens with one attached hydrogen (secondary N) is 1. The van der Waals surface area contributed by atoms with Gasteiger partial charge in [0.15, 0.2) is 0 Å². The fourth-order valence-corrected chi connectivity index (χ4v) is 2.50. The largest absolute Gasteiger partial charge is 0.352 e. The summed E-state index contributed by atoms with van der Waals surface area (Å²) in [6.07, 6.45) is 8.82. The van der Waals surface area contributed by atoms with Crippen LogP contribution in [0.3, 0.4) is 0 Å². The minimum absolute atomic E-state index is 0.294. The van der Waals surface area contributed by atoms with E-state index in [1.807, 2.05) is 6.08 Å². The molecule has 1 unspecified atom stereocenters. The fourth-order valence-electron chi connectivity index (χ4n) is 2.50. The molecule has 2 fully saturated rings. The van der Waals surface area contributed by atoms with Crippen molar-refractivity contribution in [3.8, 4) is 0 Å². The van der Waals surface area contributed by atoms with E-state index >= 15 is 0 Å². The molecular weight excluding hydrogens is 212 g/mol. The first-order chi connectivity index (χ1) is 8.29. The van der Waals surface area contributed by atoms with Gasteiger partial charge in [-0.1, -0.05) is 6.08 Å². The molecule has 2 rings (SSSR count). The second-order valence-corrected chi connectivity index (χ2v) is 5.35. The number of carbonyl (C=O) groups excluding carboxylic acids is 1. The van der Waals surface area contributed by atoms with Gasteiger partial charge in [-0.05, 0) is 51.6 Å². The third-order valence-electron chi connectivity index (χ3n) is 3.68. The molecule has 1 N–H and O–H groups in total. The Labute approximate surface area is 104 Å². The molecule has 1 heterocycles. The van der Waals surface area contributed by atoms with Crippen molar-refractivity contribution in [3.05, 3.63) is 12.7 Å². The highest BCUT2D eigenvalue weighted by molar-refractivity contribution is 5.81. The van der Waals surface area contributed by atoms with E-state index in [0.717, 1.165) is 38.8 Å². The first-order valence-corrected chi connectivity index (χ1v) is 6.93. The number of carbonyl (C=O) groups is 1. The molecular formula is C14H24N2O. The Balaban J connectivity index is 1.68. The van der Waals surface area contributed by atoms with Crippen LogP contribution in [-0.4, -0.2) is 36.5 Å². The summed E-state index contributed by atoms with van der Waals surface area (Å²) in [4.78, 5) is 14.2. The van der Waals surface area contributed by atoms with Crippen LogP contribution in [0.4, 0.5) is 0 Å². The van der Waals surface area contributed by atoms with Crippen LogP contribution in [0.2, 0.25) is 0 Å². The van der Waals surface area contributed by atoms with E-state index < -0.39 is 0 Å². The van der Waals surface area contributed by atoms with E-state index in [4.69, 9.17) is 0 Å². The first-order valence-electron chi connectivity index (χ1n) is 6.93. The van der Waals surface area contributed by atoms with Gasteiger partial charge < -0.3 is 10.2 Å². The van der Waals surface area contributed by atoms with Gasteiger partial charge in [-0.15, -0.1) is 6.58 Å². The maximum absolute atomic E-state index is 11.7. The lowest BCUT2D eigenvalue weighted by Gasteiger charge is -2.33. The van der Waals surface area contributed by atoms with Crippen LogP contribution in [-0.2, 0) is 4.79 Å². The predicted molar refractivity (Wildman–Crippen MR) is 69.8 cm³/mol. The van der Waals surface area contributed by atoms with Gasteiger partial charge >= 0.3 is 0 Å². The van der Waals surface area contributed by atoms with Gasteiger partial charge in [0.25, 0.3) is 0 Å². The number of hydrogen-bond donors (Lipinski definition) is 1. The lowest BCUT2D eigenvalue weighted by molar-refractivity contribution is -0.123. The summed E-state index contributed by atoms with van der Waals surface area (Å²) in [5.74, 6) is 0.633. The van der Waals surface area contributed by atoms with Crippen molar-refractivity contribution in [3.63, 3.8) is 0 Å². The number of likely N-dealkylation sites (tertiary alicyclic amines) is 1. The zero-order valence-electron chi connectivity index (χ0n) is 10.7. The van der Waals surface area contributed by atoms with Gasteiger partial charge in [0, 0.05) is 18.5 Å². The second-order valence-electron chi connectivity index (χ2n) is 5.35. The minimum atomic E-state index is 0.294.